The van der Waals surface area contributed by atoms with Gasteiger partial charge in [0.15, 0.2) is 0 Å². The summed E-state index contributed by atoms with van der Waals surface area (Å²) in [5.74, 6) is 1.86. The first kappa shape index (κ1) is 10.8. The van der Waals surface area contributed by atoms with Gasteiger partial charge in [0.2, 0.25) is 0 Å². The second kappa shape index (κ2) is 4.44. The van der Waals surface area contributed by atoms with Gasteiger partial charge in [0, 0.05) is 26.8 Å². The first-order chi connectivity index (χ1) is 7.66. The summed E-state index contributed by atoms with van der Waals surface area (Å²) in [5, 5.41) is 15.6. The summed E-state index contributed by atoms with van der Waals surface area (Å²) in [7, 11) is 3.88. The van der Waals surface area contributed by atoms with Crippen LogP contribution in [0.5, 0.6) is 0 Å². The lowest BCUT2D eigenvalue weighted by Crippen LogP contribution is -2.16. The molecule has 0 aromatic carbocycles. The van der Waals surface area contributed by atoms with Crippen LogP contribution in [0.4, 0.5) is 0 Å². The quantitative estimate of drug-likeness (QED) is 0.796. The number of hydrogen-bond donors (Lipinski definition) is 1. The predicted octanol–water partition coefficient (Wildman–Crippen LogP) is 0.147. The molecule has 0 aliphatic heterocycles. The van der Waals surface area contributed by atoms with Crippen molar-refractivity contribution < 1.29 is 0 Å². The van der Waals surface area contributed by atoms with Crippen molar-refractivity contribution in [2.75, 3.05) is 0 Å². The van der Waals surface area contributed by atoms with E-state index in [1.54, 1.807) is 4.68 Å². The van der Waals surface area contributed by atoms with Gasteiger partial charge in [-0.3, -0.25) is 4.68 Å². The lowest BCUT2D eigenvalue weighted by molar-refractivity contribution is 0.616. The summed E-state index contributed by atoms with van der Waals surface area (Å²) >= 11 is 0. The standard InChI is InChI=1S/C10H16N6/c1-8-12-13-10(16(8)3)7-11-6-9-4-5-15(2)14-9/h4-5,11H,6-7H2,1-3H3. The SMILES string of the molecule is Cc1nnc(CNCc2ccn(C)n2)n1C. The minimum Gasteiger partial charge on any atom is -0.317 e. The average Bonchev–Trinajstić information content (AvgIpc) is 2.79. The Kier molecular flexibility index (Phi) is 3.00. The molecule has 0 fully saturated rings. The first-order valence-electron chi connectivity index (χ1n) is 5.21. The number of aryl methyl sites for hydroxylation is 2. The van der Waals surface area contributed by atoms with Crippen molar-refractivity contribution in [1.82, 2.24) is 29.9 Å². The number of aromatic nitrogens is 5. The Hall–Kier alpha value is -1.69. The van der Waals surface area contributed by atoms with Crippen LogP contribution in [-0.4, -0.2) is 24.5 Å². The van der Waals surface area contributed by atoms with E-state index in [0.717, 1.165) is 23.9 Å². The van der Waals surface area contributed by atoms with E-state index in [-0.39, 0.29) is 0 Å². The minimum absolute atomic E-state index is 0.702. The molecule has 2 aromatic rings. The maximum absolute atomic E-state index is 4.28. The van der Waals surface area contributed by atoms with Gasteiger partial charge in [-0.25, -0.2) is 0 Å². The molecule has 0 aliphatic carbocycles. The summed E-state index contributed by atoms with van der Waals surface area (Å²) < 4.78 is 3.77. The van der Waals surface area contributed by atoms with Crippen LogP contribution in [0.1, 0.15) is 17.3 Å². The molecule has 2 heterocycles. The topological polar surface area (TPSA) is 60.6 Å². The van der Waals surface area contributed by atoms with Gasteiger partial charge in [0.25, 0.3) is 0 Å². The van der Waals surface area contributed by atoms with E-state index in [0.29, 0.717) is 6.54 Å². The second-order valence-electron chi connectivity index (χ2n) is 3.81. The fraction of sp³-hybridized carbons (Fsp3) is 0.500. The molecule has 2 aromatic heterocycles. The van der Waals surface area contributed by atoms with E-state index in [9.17, 15) is 0 Å². The molecule has 0 saturated heterocycles. The molecule has 0 spiro atoms. The Morgan fingerprint density at radius 3 is 2.62 bits per heavy atom. The van der Waals surface area contributed by atoms with Gasteiger partial charge in [0.05, 0.1) is 12.2 Å². The van der Waals surface area contributed by atoms with Gasteiger partial charge in [-0.1, -0.05) is 0 Å². The van der Waals surface area contributed by atoms with Crippen LogP contribution in [-0.2, 0) is 27.2 Å². The van der Waals surface area contributed by atoms with E-state index >= 15 is 0 Å². The molecule has 16 heavy (non-hydrogen) atoms. The monoisotopic (exact) mass is 220 g/mol. The first-order valence-corrected chi connectivity index (χ1v) is 5.21. The lowest BCUT2D eigenvalue weighted by atomic mass is 10.4. The van der Waals surface area contributed by atoms with Crippen LogP contribution in [0, 0.1) is 6.92 Å². The third-order valence-electron chi connectivity index (χ3n) is 2.54. The van der Waals surface area contributed by atoms with Crippen molar-refractivity contribution in [3.05, 3.63) is 29.6 Å². The molecule has 0 unspecified atom stereocenters. The molecule has 1 N–H and O–H groups in total. The third kappa shape index (κ3) is 2.27. The fourth-order valence-corrected chi connectivity index (χ4v) is 1.46. The van der Waals surface area contributed by atoms with Crippen molar-refractivity contribution in [2.24, 2.45) is 14.1 Å². The Balaban J connectivity index is 1.86. The van der Waals surface area contributed by atoms with Crippen molar-refractivity contribution in [3.63, 3.8) is 0 Å². The van der Waals surface area contributed by atoms with Gasteiger partial charge in [0.1, 0.15) is 11.6 Å². The zero-order valence-electron chi connectivity index (χ0n) is 9.80. The van der Waals surface area contributed by atoms with E-state index < -0.39 is 0 Å². The normalized spacial score (nSPS) is 10.9. The van der Waals surface area contributed by atoms with Crippen LogP contribution in [0.15, 0.2) is 12.3 Å². The van der Waals surface area contributed by atoms with Crippen LogP contribution < -0.4 is 5.32 Å². The number of nitrogens with zero attached hydrogens (tertiary/aromatic N) is 5. The summed E-state index contributed by atoms with van der Waals surface area (Å²) in [6.07, 6.45) is 1.93. The lowest BCUT2D eigenvalue weighted by Gasteiger charge is -2.02. The molecule has 0 aliphatic rings. The second-order valence-corrected chi connectivity index (χ2v) is 3.81. The smallest absolute Gasteiger partial charge is 0.146 e. The zero-order chi connectivity index (χ0) is 11.5. The van der Waals surface area contributed by atoms with Crippen LogP contribution in [0.3, 0.4) is 0 Å². The van der Waals surface area contributed by atoms with Crippen LogP contribution in [0.25, 0.3) is 0 Å². The van der Waals surface area contributed by atoms with Gasteiger partial charge in [-0.15, -0.1) is 10.2 Å². The largest absolute Gasteiger partial charge is 0.317 e. The molecule has 0 atom stereocenters. The molecule has 6 nitrogen and oxygen atoms in total. The van der Waals surface area contributed by atoms with E-state index in [4.69, 9.17) is 0 Å². The van der Waals surface area contributed by atoms with Crippen molar-refractivity contribution in [2.45, 2.75) is 20.0 Å². The van der Waals surface area contributed by atoms with Crippen molar-refractivity contribution >= 4 is 0 Å². The summed E-state index contributed by atoms with van der Waals surface area (Å²) in [4.78, 5) is 0. The molecule has 2 rings (SSSR count). The fourth-order valence-electron chi connectivity index (χ4n) is 1.46. The highest BCUT2D eigenvalue weighted by atomic mass is 15.3. The van der Waals surface area contributed by atoms with Gasteiger partial charge in [-0.05, 0) is 13.0 Å². The highest BCUT2D eigenvalue weighted by Gasteiger charge is 2.04. The maximum atomic E-state index is 4.28. The Labute approximate surface area is 94.3 Å². The van der Waals surface area contributed by atoms with Crippen LogP contribution in [0.2, 0.25) is 0 Å². The number of rotatable bonds is 4. The Morgan fingerprint density at radius 2 is 2.06 bits per heavy atom. The highest BCUT2D eigenvalue weighted by molar-refractivity contribution is 4.99. The summed E-state index contributed by atoms with van der Waals surface area (Å²) in [5.41, 5.74) is 1.03. The highest BCUT2D eigenvalue weighted by Crippen LogP contribution is 1.98. The zero-order valence-corrected chi connectivity index (χ0v) is 9.80. The number of hydrogen-bond acceptors (Lipinski definition) is 4. The van der Waals surface area contributed by atoms with Gasteiger partial charge >= 0.3 is 0 Å². The molecule has 0 bridgehead atoms. The van der Waals surface area contributed by atoms with Crippen LogP contribution >= 0.6 is 0 Å². The molecular formula is C10H16N6. The number of nitrogens with one attached hydrogen (secondary N) is 1. The van der Waals surface area contributed by atoms with E-state index in [2.05, 4.69) is 20.6 Å². The molecule has 0 radical (unpaired) electrons. The summed E-state index contributed by atoms with van der Waals surface area (Å²) in [6.45, 7) is 3.38. The molecular weight excluding hydrogens is 204 g/mol. The van der Waals surface area contributed by atoms with Gasteiger partial charge in [-0.2, -0.15) is 5.10 Å². The van der Waals surface area contributed by atoms with Crippen molar-refractivity contribution in [1.29, 1.82) is 0 Å². The molecule has 0 amide bonds. The summed E-state index contributed by atoms with van der Waals surface area (Å²) in [6, 6.07) is 1.99. The Bertz CT molecular complexity index is 469. The molecule has 86 valence electrons. The average molecular weight is 220 g/mol. The Morgan fingerprint density at radius 1 is 1.25 bits per heavy atom. The van der Waals surface area contributed by atoms with E-state index in [1.165, 1.54) is 0 Å². The predicted molar refractivity (Wildman–Crippen MR) is 59.5 cm³/mol. The van der Waals surface area contributed by atoms with E-state index in [1.807, 2.05) is 37.8 Å². The molecule has 6 heteroatoms. The third-order valence-corrected chi connectivity index (χ3v) is 2.54. The van der Waals surface area contributed by atoms with Crippen molar-refractivity contribution in [3.8, 4) is 0 Å². The maximum Gasteiger partial charge on any atom is 0.146 e. The minimum atomic E-state index is 0.702. The van der Waals surface area contributed by atoms with Gasteiger partial charge < -0.3 is 9.88 Å². The molecule has 0 saturated carbocycles.